The van der Waals surface area contributed by atoms with Crippen LogP contribution in [-0.4, -0.2) is 41.6 Å². The highest BCUT2D eigenvalue weighted by Crippen LogP contribution is 2.51. The number of pyridine rings is 3. The number of rotatable bonds is 0. The highest BCUT2D eigenvalue weighted by Gasteiger charge is 2.71. The molecule has 11 nitrogen and oxygen atoms in total. The first-order valence-corrected chi connectivity index (χ1v) is 15.1. The molecule has 210 valence electrons. The van der Waals surface area contributed by atoms with Crippen molar-refractivity contribution in [3.8, 4) is 0 Å². The quantitative estimate of drug-likeness (QED) is 0.233. The molecular weight excluding hydrogens is 562 g/mol. The van der Waals surface area contributed by atoms with Crippen LogP contribution in [-0.2, 0) is 27.1 Å². The molecule has 0 bridgehead atoms. The van der Waals surface area contributed by atoms with Gasteiger partial charge >= 0.3 is 11.7 Å². The average Bonchev–Trinajstić information content (AvgIpc) is 3.75. The molecule has 0 aliphatic carbocycles. The highest BCUT2D eigenvalue weighted by molar-refractivity contribution is 6.19. The summed E-state index contributed by atoms with van der Waals surface area (Å²) in [7, 11) is 6.27. The van der Waals surface area contributed by atoms with Crippen molar-refractivity contribution in [1.29, 1.82) is 0 Å². The third kappa shape index (κ3) is 2.08. The summed E-state index contributed by atoms with van der Waals surface area (Å²) >= 11 is 0. The molecule has 6 aliphatic rings. The monoisotopic (exact) mass is 586 g/mol. The second-order valence-electron chi connectivity index (χ2n) is 12.6. The predicted octanol–water partition coefficient (Wildman–Crippen LogP) is 0.490. The van der Waals surface area contributed by atoms with E-state index in [1.54, 1.807) is 0 Å². The predicted molar refractivity (Wildman–Crippen MR) is 162 cm³/mol. The fourth-order valence-electron chi connectivity index (χ4n) is 8.67. The van der Waals surface area contributed by atoms with Gasteiger partial charge < -0.3 is 0 Å². The van der Waals surface area contributed by atoms with Gasteiger partial charge in [0.25, 0.3) is 45.5 Å². The summed E-state index contributed by atoms with van der Waals surface area (Å²) in [5.41, 5.74) is 9.28. The van der Waals surface area contributed by atoms with Crippen molar-refractivity contribution in [3.63, 3.8) is 0 Å². The number of aromatic nitrogens is 5. The van der Waals surface area contributed by atoms with Gasteiger partial charge in [0.05, 0.1) is 11.1 Å². The first-order valence-electron chi connectivity index (χ1n) is 15.1. The minimum Gasteiger partial charge on any atom is -0.196 e. The van der Waals surface area contributed by atoms with E-state index in [1.807, 2.05) is 0 Å². The van der Waals surface area contributed by atoms with Crippen LogP contribution in [0.15, 0.2) is 93.2 Å². The summed E-state index contributed by atoms with van der Waals surface area (Å²) in [6, 6.07) is 19.3. The van der Waals surface area contributed by atoms with E-state index >= 15 is 0 Å². The second-order valence-corrected chi connectivity index (χ2v) is 12.6. The van der Waals surface area contributed by atoms with Crippen molar-refractivity contribution in [3.05, 3.63) is 112 Å². The summed E-state index contributed by atoms with van der Waals surface area (Å²) in [5.74, 6) is 4.27. The molecule has 45 heavy (non-hydrogen) atoms. The zero-order chi connectivity index (χ0) is 29.7. The van der Waals surface area contributed by atoms with Crippen molar-refractivity contribution in [2.75, 3.05) is 0 Å². The zero-order valence-corrected chi connectivity index (χ0v) is 24.8. The smallest absolute Gasteiger partial charge is 0.196 e. The van der Waals surface area contributed by atoms with Gasteiger partial charge in [0, 0.05) is 18.2 Å². The number of aliphatic imine (C=N–C) groups is 2. The van der Waals surface area contributed by atoms with Gasteiger partial charge in [-0.15, -0.1) is 9.15 Å². The summed E-state index contributed by atoms with van der Waals surface area (Å²) in [5, 5.41) is 2.11. The largest absolute Gasteiger partial charge is 0.405 e. The lowest BCUT2D eigenvalue weighted by molar-refractivity contribution is -0.793. The van der Waals surface area contributed by atoms with Crippen LogP contribution in [0.5, 0.6) is 0 Å². The van der Waals surface area contributed by atoms with Gasteiger partial charge in [-0.3, -0.25) is 0 Å². The summed E-state index contributed by atoms with van der Waals surface area (Å²) < 4.78 is 15.9. The molecular formula is C34H24N11+5. The van der Waals surface area contributed by atoms with E-state index in [4.69, 9.17) is 20.0 Å². The number of benzene rings is 1. The van der Waals surface area contributed by atoms with Gasteiger partial charge in [-0.25, -0.2) is 0 Å². The van der Waals surface area contributed by atoms with Crippen molar-refractivity contribution in [2.45, 2.75) is 12.8 Å². The Morgan fingerprint density at radius 1 is 0.600 bits per heavy atom. The fraction of sp³-hybridized carbons (Fsp3) is 0.147. The molecule has 0 unspecified atom stereocenters. The number of aryl methyl sites for hydroxylation is 4. The maximum atomic E-state index is 5.53. The molecule has 5 aromatic heterocycles. The molecule has 6 aromatic rings. The summed E-state index contributed by atoms with van der Waals surface area (Å²) in [6.45, 7) is 2.17. The zero-order valence-electron chi connectivity index (χ0n) is 24.8. The first-order chi connectivity index (χ1) is 22.0. The normalized spacial score (nSPS) is 20.1. The molecule has 1 aromatic carbocycles. The minimum absolute atomic E-state index is 0.866. The molecule has 0 N–H and O–H groups in total. The Morgan fingerprint density at radius 2 is 1.29 bits per heavy atom. The van der Waals surface area contributed by atoms with Gasteiger partial charge in [-0.1, -0.05) is 32.1 Å². The fourth-order valence-corrected chi connectivity index (χ4v) is 8.67. The average molecular weight is 587 g/mol. The topological polar surface area (TPSA) is 77.0 Å². The maximum absolute atomic E-state index is 5.53. The maximum Gasteiger partial charge on any atom is 0.405 e. The number of hydrogen-bond acceptors (Lipinski definition) is 4. The molecule has 0 amide bonds. The van der Waals surface area contributed by atoms with Crippen LogP contribution in [0.4, 0.5) is 11.6 Å². The van der Waals surface area contributed by atoms with Crippen LogP contribution >= 0.6 is 0 Å². The second kappa shape index (κ2) is 6.73. The lowest BCUT2D eigenvalue weighted by atomic mass is 10.0. The van der Waals surface area contributed by atoms with E-state index < -0.39 is 5.91 Å². The molecule has 0 saturated carbocycles. The van der Waals surface area contributed by atoms with E-state index in [0.717, 1.165) is 90.1 Å². The Labute approximate surface area is 254 Å². The van der Waals surface area contributed by atoms with Crippen LogP contribution in [0.3, 0.4) is 0 Å². The standard InChI is InChI=1S/C34H24N11/c1-17-9-5-10-18-22(17)30-35-27-19-11-6-14-39(2)23(19)32-37-29-21-13-8-16-41(4)25(21)33-38-28-20-12-7-15-40(3)24(20)31-36-26(18)42(30)34(43(27)32,44(28)31)45(29)33/h5-16H,1-4H3/q+5/t34-/m1/s1. The first kappa shape index (κ1) is 22.6. The summed E-state index contributed by atoms with van der Waals surface area (Å²) in [6.07, 6.45) is 6.27. The molecule has 12 rings (SSSR count). The van der Waals surface area contributed by atoms with Crippen LogP contribution in [0.2, 0.25) is 0 Å². The molecule has 11 heterocycles. The molecule has 6 aliphatic heterocycles. The number of nitrogens with zero attached hydrogens (tertiary/aromatic N) is 11. The lowest BCUT2D eigenvalue weighted by Crippen LogP contribution is -2.72. The third-order valence-electron chi connectivity index (χ3n) is 10.4. The number of fused-ring (bicyclic) bond motifs is 12. The Balaban J connectivity index is 1.45. The minimum atomic E-state index is -0.993. The number of amidine groups is 4. The SMILES string of the molecule is Cc1cccc2c1C1=[N+]3C2=Nc2c4c(ccc[n+]4C)c4n2[C@]32n3c(c5ccc[n+](C)c5c3=NC3=[N+]2C(=N4)c2c3ccc[n+]2C)=N1. The van der Waals surface area contributed by atoms with Crippen LogP contribution in [0, 0.1) is 6.92 Å². The number of hydrogen-bond donors (Lipinski definition) is 0. The Hall–Kier alpha value is -5.97. The van der Waals surface area contributed by atoms with E-state index in [1.165, 1.54) is 5.56 Å². The van der Waals surface area contributed by atoms with E-state index in [0.29, 0.717) is 0 Å². The van der Waals surface area contributed by atoms with Crippen molar-refractivity contribution in [1.82, 2.24) is 9.13 Å². The van der Waals surface area contributed by atoms with Gasteiger partial charge in [0.15, 0.2) is 18.6 Å². The Morgan fingerprint density at radius 3 is 2.16 bits per heavy atom. The van der Waals surface area contributed by atoms with E-state index in [2.05, 4.69) is 133 Å². The highest BCUT2D eigenvalue weighted by atomic mass is 15.7. The van der Waals surface area contributed by atoms with Crippen LogP contribution < -0.4 is 24.7 Å². The van der Waals surface area contributed by atoms with Crippen LogP contribution in [0.1, 0.15) is 27.9 Å². The van der Waals surface area contributed by atoms with E-state index in [9.17, 15) is 0 Å². The van der Waals surface area contributed by atoms with Crippen molar-refractivity contribution in [2.24, 2.45) is 41.1 Å². The third-order valence-corrected chi connectivity index (χ3v) is 10.4. The Kier molecular flexibility index (Phi) is 3.37. The molecule has 1 spiro atoms. The van der Waals surface area contributed by atoms with E-state index in [-0.39, 0.29) is 0 Å². The molecule has 1 atom stereocenters. The lowest BCUT2D eigenvalue weighted by Gasteiger charge is -2.39. The Bertz CT molecular complexity index is 2860. The summed E-state index contributed by atoms with van der Waals surface area (Å²) in [4.78, 5) is 22.1. The van der Waals surface area contributed by atoms with Gasteiger partial charge in [0.1, 0.15) is 37.5 Å². The van der Waals surface area contributed by atoms with Crippen LogP contribution in [0.25, 0.3) is 21.8 Å². The van der Waals surface area contributed by atoms with Gasteiger partial charge in [-0.05, 0) is 36.8 Å². The van der Waals surface area contributed by atoms with Gasteiger partial charge in [-0.2, -0.15) is 22.8 Å². The van der Waals surface area contributed by atoms with Crippen molar-refractivity contribution >= 4 is 56.8 Å². The molecule has 0 saturated heterocycles. The molecule has 0 fully saturated rings. The molecule has 0 radical (unpaired) electrons. The molecule has 11 heteroatoms. The van der Waals surface area contributed by atoms with Crippen molar-refractivity contribution < 1.29 is 22.9 Å². The van der Waals surface area contributed by atoms with Gasteiger partial charge in [0.2, 0.25) is 11.3 Å².